The minimum atomic E-state index is -3.43. The number of rotatable bonds is 6. The van der Waals surface area contributed by atoms with E-state index in [9.17, 15) is 8.42 Å². The fourth-order valence-electron chi connectivity index (χ4n) is 2.82. The van der Waals surface area contributed by atoms with Crippen molar-refractivity contribution in [1.82, 2.24) is 14.5 Å². The molecule has 1 aromatic heterocycles. The minimum Gasteiger partial charge on any atom is -0.268 e. The van der Waals surface area contributed by atoms with Crippen LogP contribution in [0.25, 0.3) is 6.08 Å². The van der Waals surface area contributed by atoms with E-state index in [0.29, 0.717) is 13.1 Å². The number of fused-ring (bicyclic) bond motifs is 1. The van der Waals surface area contributed by atoms with Crippen molar-refractivity contribution in [3.8, 4) is 0 Å². The lowest BCUT2D eigenvalue weighted by atomic mass is 9.98. The SMILES string of the molecule is O=S(=O)(/C=C/c1ccccc1)NCCn1ncc2c1CCCC2. The van der Waals surface area contributed by atoms with Crippen LogP contribution in [0.5, 0.6) is 0 Å². The first-order valence-corrected chi connectivity index (χ1v) is 9.45. The molecule has 0 atom stereocenters. The number of aromatic nitrogens is 2. The number of sulfonamides is 1. The molecule has 1 aliphatic carbocycles. The van der Waals surface area contributed by atoms with E-state index in [-0.39, 0.29) is 0 Å². The van der Waals surface area contributed by atoms with Crippen LogP contribution in [0.2, 0.25) is 0 Å². The van der Waals surface area contributed by atoms with Gasteiger partial charge in [-0.2, -0.15) is 5.10 Å². The van der Waals surface area contributed by atoms with E-state index in [4.69, 9.17) is 0 Å². The number of hydrogen-bond acceptors (Lipinski definition) is 3. The Hall–Kier alpha value is -1.92. The molecule has 6 heteroatoms. The summed E-state index contributed by atoms with van der Waals surface area (Å²) in [4.78, 5) is 0. The Morgan fingerprint density at radius 2 is 1.96 bits per heavy atom. The topological polar surface area (TPSA) is 64.0 Å². The van der Waals surface area contributed by atoms with E-state index in [1.165, 1.54) is 29.5 Å². The highest BCUT2D eigenvalue weighted by Gasteiger charge is 2.15. The average Bonchev–Trinajstić information content (AvgIpc) is 2.97. The van der Waals surface area contributed by atoms with Gasteiger partial charge in [-0.1, -0.05) is 30.3 Å². The maximum absolute atomic E-state index is 12.0. The van der Waals surface area contributed by atoms with Gasteiger partial charge < -0.3 is 0 Å². The molecule has 0 aliphatic heterocycles. The molecule has 0 amide bonds. The van der Waals surface area contributed by atoms with Crippen LogP contribution >= 0.6 is 0 Å². The Morgan fingerprint density at radius 3 is 2.78 bits per heavy atom. The summed E-state index contributed by atoms with van der Waals surface area (Å²) in [7, 11) is -3.43. The van der Waals surface area contributed by atoms with E-state index in [1.807, 2.05) is 41.2 Å². The van der Waals surface area contributed by atoms with Gasteiger partial charge in [-0.25, -0.2) is 13.1 Å². The van der Waals surface area contributed by atoms with Gasteiger partial charge in [0.05, 0.1) is 12.7 Å². The van der Waals surface area contributed by atoms with Crippen molar-refractivity contribution in [3.05, 3.63) is 58.8 Å². The zero-order chi connectivity index (χ0) is 16.1. The molecule has 0 radical (unpaired) electrons. The van der Waals surface area contributed by atoms with E-state index in [1.54, 1.807) is 6.08 Å². The van der Waals surface area contributed by atoms with Gasteiger partial charge in [-0.05, 0) is 42.9 Å². The number of nitrogens with zero attached hydrogens (tertiary/aromatic N) is 2. The molecular formula is C17H21N3O2S. The fraction of sp³-hybridized carbons (Fsp3) is 0.353. The summed E-state index contributed by atoms with van der Waals surface area (Å²) in [5.41, 5.74) is 3.43. The molecule has 1 heterocycles. The Balaban J connectivity index is 1.55. The second-order valence-corrected chi connectivity index (χ2v) is 7.35. The lowest BCUT2D eigenvalue weighted by Crippen LogP contribution is -2.26. The number of aryl methyl sites for hydroxylation is 1. The summed E-state index contributed by atoms with van der Waals surface area (Å²) in [6, 6.07) is 9.38. The van der Waals surface area contributed by atoms with Gasteiger partial charge >= 0.3 is 0 Å². The molecule has 0 spiro atoms. The molecule has 0 bridgehead atoms. The lowest BCUT2D eigenvalue weighted by molar-refractivity contribution is 0.542. The lowest BCUT2D eigenvalue weighted by Gasteiger charge is -2.13. The van der Waals surface area contributed by atoms with Crippen LogP contribution in [0, 0.1) is 0 Å². The predicted molar refractivity (Wildman–Crippen MR) is 91.3 cm³/mol. The first kappa shape index (κ1) is 16.0. The highest BCUT2D eigenvalue weighted by atomic mass is 32.2. The zero-order valence-corrected chi connectivity index (χ0v) is 13.8. The quantitative estimate of drug-likeness (QED) is 0.884. The Labute approximate surface area is 137 Å². The van der Waals surface area contributed by atoms with Crippen LogP contribution in [-0.4, -0.2) is 24.7 Å². The third-order valence-electron chi connectivity index (χ3n) is 4.01. The summed E-state index contributed by atoms with van der Waals surface area (Å²) in [6.45, 7) is 0.906. The summed E-state index contributed by atoms with van der Waals surface area (Å²) < 4.78 is 28.5. The van der Waals surface area contributed by atoms with Crippen molar-refractivity contribution in [2.75, 3.05) is 6.54 Å². The highest BCUT2D eigenvalue weighted by Crippen LogP contribution is 2.20. The van der Waals surface area contributed by atoms with Gasteiger partial charge in [0.1, 0.15) is 0 Å². The van der Waals surface area contributed by atoms with Crippen LogP contribution in [0.4, 0.5) is 0 Å². The maximum atomic E-state index is 12.0. The molecule has 0 saturated carbocycles. The van der Waals surface area contributed by atoms with Gasteiger partial charge in [0, 0.05) is 17.6 Å². The average molecular weight is 331 g/mol. The maximum Gasteiger partial charge on any atom is 0.233 e. The molecule has 3 rings (SSSR count). The second-order valence-electron chi connectivity index (χ2n) is 5.70. The van der Waals surface area contributed by atoms with Crippen LogP contribution in [-0.2, 0) is 29.4 Å². The predicted octanol–water partition coefficient (Wildman–Crippen LogP) is 2.35. The molecule has 23 heavy (non-hydrogen) atoms. The first-order chi connectivity index (χ1) is 11.1. The third kappa shape index (κ3) is 4.30. The third-order valence-corrected chi connectivity index (χ3v) is 5.11. The van der Waals surface area contributed by atoms with Crippen molar-refractivity contribution in [3.63, 3.8) is 0 Å². The first-order valence-electron chi connectivity index (χ1n) is 7.90. The van der Waals surface area contributed by atoms with Crippen LogP contribution in [0.1, 0.15) is 29.7 Å². The van der Waals surface area contributed by atoms with E-state index in [0.717, 1.165) is 18.4 Å². The summed E-state index contributed by atoms with van der Waals surface area (Å²) >= 11 is 0. The van der Waals surface area contributed by atoms with E-state index < -0.39 is 10.0 Å². The smallest absolute Gasteiger partial charge is 0.233 e. The molecule has 122 valence electrons. The molecular weight excluding hydrogens is 310 g/mol. The Kier molecular flexibility index (Phi) is 4.93. The number of hydrogen-bond donors (Lipinski definition) is 1. The summed E-state index contributed by atoms with van der Waals surface area (Å²) in [5.74, 6) is 0. The van der Waals surface area contributed by atoms with Gasteiger partial charge in [0.15, 0.2) is 0 Å². The van der Waals surface area contributed by atoms with Crippen molar-refractivity contribution >= 4 is 16.1 Å². The van der Waals surface area contributed by atoms with Crippen LogP contribution in [0.15, 0.2) is 41.9 Å². The van der Waals surface area contributed by atoms with Crippen molar-refractivity contribution in [2.45, 2.75) is 32.2 Å². The van der Waals surface area contributed by atoms with Gasteiger partial charge in [0.25, 0.3) is 0 Å². The molecule has 2 aromatic rings. The van der Waals surface area contributed by atoms with Crippen molar-refractivity contribution < 1.29 is 8.42 Å². The van der Waals surface area contributed by atoms with E-state index >= 15 is 0 Å². The van der Waals surface area contributed by atoms with Crippen LogP contribution < -0.4 is 4.72 Å². The van der Waals surface area contributed by atoms with Gasteiger partial charge in [-0.3, -0.25) is 4.68 Å². The zero-order valence-electron chi connectivity index (χ0n) is 13.0. The second kappa shape index (κ2) is 7.10. The largest absolute Gasteiger partial charge is 0.268 e. The number of nitrogens with one attached hydrogen (secondary N) is 1. The van der Waals surface area contributed by atoms with Gasteiger partial charge in [0.2, 0.25) is 10.0 Å². The van der Waals surface area contributed by atoms with Crippen molar-refractivity contribution in [2.24, 2.45) is 0 Å². The van der Waals surface area contributed by atoms with Crippen LogP contribution in [0.3, 0.4) is 0 Å². The highest BCUT2D eigenvalue weighted by molar-refractivity contribution is 7.92. The Morgan fingerprint density at radius 1 is 1.17 bits per heavy atom. The molecule has 0 saturated heterocycles. The minimum absolute atomic E-state index is 0.343. The van der Waals surface area contributed by atoms with Gasteiger partial charge in [-0.15, -0.1) is 0 Å². The molecule has 0 unspecified atom stereocenters. The number of benzene rings is 1. The summed E-state index contributed by atoms with van der Waals surface area (Å²) in [6.07, 6.45) is 8.03. The molecule has 0 fully saturated rings. The molecule has 1 N–H and O–H groups in total. The molecule has 1 aliphatic rings. The standard InChI is InChI=1S/C17H21N3O2S/c21-23(22,13-10-15-6-2-1-3-7-15)19-11-12-20-17-9-5-4-8-16(17)14-18-20/h1-3,6-7,10,13-14,19H,4-5,8-9,11-12H2/b13-10+. The summed E-state index contributed by atoms with van der Waals surface area (Å²) in [5, 5.41) is 5.58. The Bertz CT molecular complexity index is 779. The molecule has 1 aromatic carbocycles. The van der Waals surface area contributed by atoms with Crippen molar-refractivity contribution in [1.29, 1.82) is 0 Å². The van der Waals surface area contributed by atoms with E-state index in [2.05, 4.69) is 9.82 Å². The fourth-order valence-corrected chi connectivity index (χ4v) is 3.63. The normalized spacial score (nSPS) is 15.0. The molecule has 5 nitrogen and oxygen atoms in total. The monoisotopic (exact) mass is 331 g/mol.